The topological polar surface area (TPSA) is 113 Å². The fraction of sp³-hybridized carbons (Fsp3) is 0.158. The number of carbonyl (C=O) groups is 2. The van der Waals surface area contributed by atoms with E-state index in [1.54, 1.807) is 18.2 Å². The van der Waals surface area contributed by atoms with Crippen LogP contribution < -0.4 is 15.5 Å². The van der Waals surface area contributed by atoms with Gasteiger partial charge in [-0.3, -0.25) is 10.2 Å². The molecule has 8 nitrogen and oxygen atoms in total. The summed E-state index contributed by atoms with van der Waals surface area (Å²) in [7, 11) is 1.26. The van der Waals surface area contributed by atoms with Crippen molar-refractivity contribution < 1.29 is 32.2 Å². The number of halogens is 3. The van der Waals surface area contributed by atoms with Crippen molar-refractivity contribution in [1.29, 1.82) is 5.26 Å². The second-order valence-corrected chi connectivity index (χ2v) is 5.63. The van der Waals surface area contributed by atoms with Crippen LogP contribution in [0.5, 0.6) is 5.75 Å². The lowest BCUT2D eigenvalue weighted by molar-refractivity contribution is -0.274. The maximum Gasteiger partial charge on any atom is 0.573 e. The van der Waals surface area contributed by atoms with Gasteiger partial charge in [-0.15, -0.1) is 13.2 Å². The van der Waals surface area contributed by atoms with Gasteiger partial charge in [-0.05, 0) is 42.0 Å². The summed E-state index contributed by atoms with van der Waals surface area (Å²) in [5, 5.41) is 15.2. The Bertz CT molecular complexity index is 965. The van der Waals surface area contributed by atoms with Gasteiger partial charge >= 0.3 is 12.3 Å². The van der Waals surface area contributed by atoms with Crippen molar-refractivity contribution in [3.63, 3.8) is 0 Å². The average Bonchev–Trinajstić information content (AvgIpc) is 2.72. The van der Waals surface area contributed by atoms with Crippen molar-refractivity contribution >= 4 is 23.3 Å². The lowest BCUT2D eigenvalue weighted by Gasteiger charge is -2.09. The van der Waals surface area contributed by atoms with Crippen LogP contribution in [0.15, 0.2) is 53.6 Å². The second kappa shape index (κ2) is 9.92. The van der Waals surface area contributed by atoms with Gasteiger partial charge < -0.3 is 14.8 Å². The van der Waals surface area contributed by atoms with Crippen LogP contribution >= 0.6 is 0 Å². The molecule has 2 aromatic rings. The highest BCUT2D eigenvalue weighted by Gasteiger charge is 2.30. The molecule has 1 amide bonds. The minimum atomic E-state index is -4.81. The Morgan fingerprint density at radius 1 is 1.10 bits per heavy atom. The summed E-state index contributed by atoms with van der Waals surface area (Å²) < 4.78 is 44.7. The Morgan fingerprint density at radius 2 is 1.73 bits per heavy atom. The SMILES string of the molecule is COC(=O)c1ccc(CNC(=O)/C(C#N)=N/Nc2ccc(OC(F)(F)F)cc2)cc1. The zero-order valence-electron chi connectivity index (χ0n) is 15.5. The predicted octanol–water partition coefficient (Wildman–Crippen LogP) is 2.98. The molecule has 0 unspecified atom stereocenters. The Morgan fingerprint density at radius 3 is 2.27 bits per heavy atom. The van der Waals surface area contributed by atoms with Crippen LogP contribution in [0.1, 0.15) is 15.9 Å². The lowest BCUT2D eigenvalue weighted by atomic mass is 10.1. The molecule has 0 radical (unpaired) electrons. The van der Waals surface area contributed by atoms with E-state index in [1.165, 1.54) is 31.4 Å². The van der Waals surface area contributed by atoms with E-state index in [-0.39, 0.29) is 12.2 Å². The maximum absolute atomic E-state index is 12.1. The molecule has 2 aromatic carbocycles. The molecule has 0 aliphatic heterocycles. The number of nitriles is 1. The molecular weight excluding hydrogens is 405 g/mol. The van der Waals surface area contributed by atoms with E-state index >= 15 is 0 Å². The number of rotatable bonds is 7. The van der Waals surface area contributed by atoms with Gasteiger partial charge in [0.2, 0.25) is 5.71 Å². The number of nitrogens with zero attached hydrogens (tertiary/aromatic N) is 2. The zero-order chi connectivity index (χ0) is 22.1. The molecule has 156 valence electrons. The van der Waals surface area contributed by atoms with Crippen LogP contribution in [0.4, 0.5) is 18.9 Å². The molecule has 0 spiro atoms. The largest absolute Gasteiger partial charge is 0.573 e. The second-order valence-electron chi connectivity index (χ2n) is 5.63. The van der Waals surface area contributed by atoms with Crippen LogP contribution in [-0.2, 0) is 16.1 Å². The normalized spacial score (nSPS) is 11.2. The summed E-state index contributed by atoms with van der Waals surface area (Å²) in [5.41, 5.74) is 3.18. The van der Waals surface area contributed by atoms with Crippen molar-refractivity contribution in [2.24, 2.45) is 5.10 Å². The van der Waals surface area contributed by atoms with Crippen molar-refractivity contribution in [3.05, 3.63) is 59.7 Å². The summed E-state index contributed by atoms with van der Waals surface area (Å²) in [6.07, 6.45) is -4.81. The van der Waals surface area contributed by atoms with Crippen molar-refractivity contribution in [2.45, 2.75) is 12.9 Å². The molecular formula is C19H15F3N4O4. The minimum Gasteiger partial charge on any atom is -0.465 e. The number of alkyl halides is 3. The maximum atomic E-state index is 12.1. The number of carbonyl (C=O) groups excluding carboxylic acids is 2. The van der Waals surface area contributed by atoms with E-state index in [9.17, 15) is 22.8 Å². The van der Waals surface area contributed by atoms with E-state index in [2.05, 4.69) is 25.3 Å². The van der Waals surface area contributed by atoms with Gasteiger partial charge in [-0.1, -0.05) is 12.1 Å². The van der Waals surface area contributed by atoms with Crippen LogP contribution in [0.2, 0.25) is 0 Å². The Kier molecular flexibility index (Phi) is 7.35. The van der Waals surface area contributed by atoms with E-state index in [0.717, 1.165) is 12.1 Å². The monoisotopic (exact) mass is 420 g/mol. The number of nitrogens with one attached hydrogen (secondary N) is 2. The number of ether oxygens (including phenoxy) is 2. The molecule has 30 heavy (non-hydrogen) atoms. The lowest BCUT2D eigenvalue weighted by Crippen LogP contribution is -2.30. The standard InChI is InChI=1S/C19H15F3N4O4/c1-29-18(28)13-4-2-12(3-5-13)11-24-17(27)16(10-23)26-25-14-6-8-15(9-7-14)30-19(20,21)22/h2-9,25H,11H2,1H3,(H,24,27)/b26-16+. The first-order valence-corrected chi connectivity index (χ1v) is 8.27. The number of hydrogen-bond acceptors (Lipinski definition) is 7. The third-order valence-corrected chi connectivity index (χ3v) is 3.53. The number of anilines is 1. The van der Waals surface area contributed by atoms with Gasteiger partial charge in [0.1, 0.15) is 11.8 Å². The number of hydrazone groups is 1. The molecule has 0 fully saturated rings. The number of amides is 1. The third kappa shape index (κ3) is 6.83. The highest BCUT2D eigenvalue weighted by atomic mass is 19.4. The van der Waals surface area contributed by atoms with Crippen molar-refractivity contribution in [1.82, 2.24) is 5.32 Å². The minimum absolute atomic E-state index is 0.0739. The molecule has 0 aliphatic carbocycles. The first-order valence-electron chi connectivity index (χ1n) is 8.27. The molecule has 0 heterocycles. The summed E-state index contributed by atoms with van der Waals surface area (Å²) >= 11 is 0. The number of esters is 1. The van der Waals surface area contributed by atoms with Crippen LogP contribution in [-0.4, -0.2) is 31.1 Å². The van der Waals surface area contributed by atoms with Gasteiger partial charge in [0.15, 0.2) is 0 Å². The Balaban J connectivity index is 1.93. The van der Waals surface area contributed by atoms with Crippen LogP contribution in [0.25, 0.3) is 0 Å². The Labute approximate surface area is 168 Å². The van der Waals surface area contributed by atoms with Gasteiger partial charge in [0, 0.05) is 6.54 Å². The highest BCUT2D eigenvalue weighted by molar-refractivity contribution is 6.45. The zero-order valence-corrected chi connectivity index (χ0v) is 15.5. The molecule has 0 aromatic heterocycles. The average molecular weight is 420 g/mol. The van der Waals surface area contributed by atoms with E-state index in [0.29, 0.717) is 11.1 Å². The molecule has 0 saturated heterocycles. The van der Waals surface area contributed by atoms with Gasteiger partial charge in [0.05, 0.1) is 18.4 Å². The first kappa shape index (κ1) is 22.2. The first-order chi connectivity index (χ1) is 14.2. The number of methoxy groups -OCH3 is 1. The molecule has 0 atom stereocenters. The summed E-state index contributed by atoms with van der Waals surface area (Å²) in [5.74, 6) is -1.68. The number of benzene rings is 2. The fourth-order valence-corrected chi connectivity index (χ4v) is 2.12. The predicted molar refractivity (Wildman–Crippen MR) is 99.4 cm³/mol. The van der Waals surface area contributed by atoms with Crippen molar-refractivity contribution in [2.75, 3.05) is 12.5 Å². The van der Waals surface area contributed by atoms with Gasteiger partial charge in [-0.2, -0.15) is 10.4 Å². The van der Waals surface area contributed by atoms with Crippen LogP contribution in [0, 0.1) is 11.3 Å². The van der Waals surface area contributed by atoms with E-state index in [4.69, 9.17) is 5.26 Å². The highest BCUT2D eigenvalue weighted by Crippen LogP contribution is 2.23. The molecule has 2 rings (SSSR count). The van der Waals surface area contributed by atoms with Gasteiger partial charge in [0.25, 0.3) is 5.91 Å². The smallest absolute Gasteiger partial charge is 0.465 e. The van der Waals surface area contributed by atoms with Gasteiger partial charge in [-0.25, -0.2) is 4.79 Å². The molecule has 0 bridgehead atoms. The molecule has 2 N–H and O–H groups in total. The third-order valence-electron chi connectivity index (χ3n) is 3.53. The quantitative estimate of drug-likeness (QED) is 0.405. The van der Waals surface area contributed by atoms with E-state index < -0.39 is 29.7 Å². The van der Waals surface area contributed by atoms with Crippen molar-refractivity contribution in [3.8, 4) is 11.8 Å². The van der Waals surface area contributed by atoms with E-state index in [1.807, 2.05) is 0 Å². The molecule has 0 saturated carbocycles. The summed E-state index contributed by atoms with van der Waals surface area (Å²) in [4.78, 5) is 23.5. The molecule has 11 heteroatoms. The summed E-state index contributed by atoms with van der Waals surface area (Å²) in [6.45, 7) is 0.0739. The molecule has 0 aliphatic rings. The fourth-order valence-electron chi connectivity index (χ4n) is 2.12. The summed E-state index contributed by atoms with van der Waals surface area (Å²) in [6, 6.07) is 12.5. The van der Waals surface area contributed by atoms with Crippen LogP contribution in [0.3, 0.4) is 0 Å². The number of hydrogen-bond donors (Lipinski definition) is 2. The Hall–Kier alpha value is -4.07.